The summed E-state index contributed by atoms with van der Waals surface area (Å²) in [6.07, 6.45) is 0. The molecule has 10 aromatic rings. The number of nitrogens with zero attached hydrogens (tertiary/aromatic N) is 2. The fourth-order valence-corrected chi connectivity index (χ4v) is 7.95. The Morgan fingerprint density at radius 1 is 0.308 bits per heavy atom. The van der Waals surface area contributed by atoms with E-state index in [-0.39, 0.29) is 5.69 Å². The molecule has 0 aliphatic rings. The van der Waals surface area contributed by atoms with Gasteiger partial charge in [0.1, 0.15) is 0 Å². The van der Waals surface area contributed by atoms with Gasteiger partial charge in [0.05, 0.1) is 22.4 Å². The Kier molecular flexibility index (Phi) is 6.97. The fourth-order valence-electron chi connectivity index (χ4n) is 7.95. The molecule has 244 valence electrons. The first-order valence-corrected chi connectivity index (χ1v) is 17.6. The standard InChI is InChI=1S/C49H32N2O/c52-49-50(39-28-24-35(25-29-39)33-12-2-1-3-13-33)45-20-10-11-21-46(45)51(49)40-30-26-36(27-31-40)47-41-16-6-8-18-43(41)48(44-19-9-7-17-42(44)47)38-23-22-34-14-4-5-15-37(34)32-38/h1-32H. The SMILES string of the molecule is O=c1n(-c2ccc(-c3ccccc3)cc2)c2ccccc2n1-c1ccc(-c2c3ccccc3c(-c3ccc4ccccc4c3)c3ccccc23)cc1. The zero-order valence-electron chi connectivity index (χ0n) is 28.3. The minimum Gasteiger partial charge on any atom is -0.260 e. The van der Waals surface area contributed by atoms with Gasteiger partial charge in [-0.1, -0.05) is 152 Å². The molecule has 0 spiro atoms. The van der Waals surface area contributed by atoms with E-state index < -0.39 is 0 Å². The summed E-state index contributed by atoms with van der Waals surface area (Å²) in [4.78, 5) is 14.3. The number of aromatic nitrogens is 2. The molecule has 0 unspecified atom stereocenters. The van der Waals surface area contributed by atoms with Crippen molar-refractivity contribution in [1.29, 1.82) is 0 Å². The van der Waals surface area contributed by atoms with E-state index in [1.165, 1.54) is 49.0 Å². The van der Waals surface area contributed by atoms with Gasteiger partial charge in [-0.15, -0.1) is 0 Å². The average Bonchev–Trinajstić information content (AvgIpc) is 3.51. The maximum Gasteiger partial charge on any atom is 0.338 e. The highest BCUT2D eigenvalue weighted by atomic mass is 16.1. The predicted molar refractivity (Wildman–Crippen MR) is 218 cm³/mol. The van der Waals surface area contributed by atoms with Gasteiger partial charge in [-0.2, -0.15) is 0 Å². The molecule has 0 radical (unpaired) electrons. The van der Waals surface area contributed by atoms with Crippen molar-refractivity contribution in [3.05, 3.63) is 205 Å². The lowest BCUT2D eigenvalue weighted by Gasteiger charge is -2.18. The van der Waals surface area contributed by atoms with Gasteiger partial charge in [0.25, 0.3) is 0 Å². The van der Waals surface area contributed by atoms with Gasteiger partial charge >= 0.3 is 5.69 Å². The highest BCUT2D eigenvalue weighted by molar-refractivity contribution is 6.21. The molecule has 3 heteroatoms. The lowest BCUT2D eigenvalue weighted by Crippen LogP contribution is -2.22. The maximum atomic E-state index is 14.3. The number of hydrogen-bond acceptors (Lipinski definition) is 1. The van der Waals surface area contributed by atoms with E-state index in [1.807, 2.05) is 63.7 Å². The molecule has 1 aromatic heterocycles. The molecule has 0 aliphatic carbocycles. The van der Waals surface area contributed by atoms with Crippen molar-refractivity contribution in [3.8, 4) is 44.8 Å². The lowest BCUT2D eigenvalue weighted by atomic mass is 9.85. The van der Waals surface area contributed by atoms with Gasteiger partial charge < -0.3 is 0 Å². The third-order valence-corrected chi connectivity index (χ3v) is 10.4. The predicted octanol–water partition coefficient (Wildman–Crippen LogP) is 12.2. The second-order valence-corrected chi connectivity index (χ2v) is 13.3. The van der Waals surface area contributed by atoms with Crippen LogP contribution in [0, 0.1) is 0 Å². The second kappa shape index (κ2) is 12.1. The van der Waals surface area contributed by atoms with Crippen LogP contribution in [0.2, 0.25) is 0 Å². The largest absolute Gasteiger partial charge is 0.338 e. The van der Waals surface area contributed by atoms with E-state index in [0.717, 1.165) is 39.1 Å². The Morgan fingerprint density at radius 3 is 1.27 bits per heavy atom. The number of hydrogen-bond donors (Lipinski definition) is 0. The van der Waals surface area contributed by atoms with Crippen molar-refractivity contribution in [1.82, 2.24) is 9.13 Å². The van der Waals surface area contributed by atoms with Crippen LogP contribution in [0.1, 0.15) is 0 Å². The zero-order valence-corrected chi connectivity index (χ0v) is 28.3. The summed E-state index contributed by atoms with van der Waals surface area (Å²) in [5.41, 5.74) is 10.3. The molecule has 0 atom stereocenters. The highest BCUT2D eigenvalue weighted by Gasteiger charge is 2.19. The third-order valence-electron chi connectivity index (χ3n) is 10.4. The molecule has 0 aliphatic heterocycles. The summed E-state index contributed by atoms with van der Waals surface area (Å²) in [5.74, 6) is 0. The Balaban J connectivity index is 1.11. The van der Waals surface area contributed by atoms with Gasteiger partial charge in [0.2, 0.25) is 0 Å². The van der Waals surface area contributed by atoms with Crippen LogP contribution in [0.15, 0.2) is 199 Å². The molecule has 0 bridgehead atoms. The minimum absolute atomic E-state index is 0.1000. The van der Waals surface area contributed by atoms with Crippen LogP contribution >= 0.6 is 0 Å². The summed E-state index contributed by atoms with van der Waals surface area (Å²) in [6.45, 7) is 0. The molecule has 0 saturated carbocycles. The quantitative estimate of drug-likeness (QED) is 0.168. The molecule has 10 rings (SSSR count). The Morgan fingerprint density at radius 2 is 0.712 bits per heavy atom. The van der Waals surface area contributed by atoms with Crippen LogP contribution in [-0.2, 0) is 0 Å². The summed E-state index contributed by atoms with van der Waals surface area (Å²) < 4.78 is 3.63. The van der Waals surface area contributed by atoms with E-state index in [1.54, 1.807) is 0 Å². The maximum absolute atomic E-state index is 14.3. The molecule has 1 heterocycles. The molecule has 9 aromatic carbocycles. The smallest absolute Gasteiger partial charge is 0.260 e. The first-order chi connectivity index (χ1) is 25.7. The monoisotopic (exact) mass is 664 g/mol. The summed E-state index contributed by atoms with van der Waals surface area (Å²) >= 11 is 0. The molecule has 0 N–H and O–H groups in total. The van der Waals surface area contributed by atoms with E-state index in [4.69, 9.17) is 0 Å². The Hall–Kier alpha value is -6.97. The van der Waals surface area contributed by atoms with E-state index in [0.29, 0.717) is 0 Å². The molecule has 0 fully saturated rings. The molecule has 0 amide bonds. The van der Waals surface area contributed by atoms with E-state index in [2.05, 4.69) is 140 Å². The summed E-state index contributed by atoms with van der Waals surface area (Å²) in [5, 5.41) is 7.30. The van der Waals surface area contributed by atoms with Gasteiger partial charge in [0.15, 0.2) is 0 Å². The first-order valence-electron chi connectivity index (χ1n) is 17.6. The molecule has 0 saturated heterocycles. The van der Waals surface area contributed by atoms with E-state index >= 15 is 0 Å². The number of para-hydroxylation sites is 2. The molecule has 3 nitrogen and oxygen atoms in total. The third kappa shape index (κ3) is 4.79. The number of fused-ring (bicyclic) bond motifs is 4. The lowest BCUT2D eigenvalue weighted by molar-refractivity contribution is 0.931. The Labute approximate surface area is 300 Å². The highest BCUT2D eigenvalue weighted by Crippen LogP contribution is 2.44. The second-order valence-electron chi connectivity index (χ2n) is 13.3. The minimum atomic E-state index is -0.1000. The van der Waals surface area contributed by atoms with Gasteiger partial charge in [-0.05, 0) is 108 Å². The van der Waals surface area contributed by atoms with Crippen molar-refractivity contribution < 1.29 is 0 Å². The van der Waals surface area contributed by atoms with E-state index in [9.17, 15) is 4.79 Å². The number of imidazole rings is 1. The molecular formula is C49H32N2O. The Bertz CT molecular complexity index is 2950. The van der Waals surface area contributed by atoms with Crippen LogP contribution < -0.4 is 5.69 Å². The average molecular weight is 665 g/mol. The van der Waals surface area contributed by atoms with Crippen molar-refractivity contribution in [2.24, 2.45) is 0 Å². The van der Waals surface area contributed by atoms with Crippen molar-refractivity contribution in [2.45, 2.75) is 0 Å². The van der Waals surface area contributed by atoms with Crippen LogP contribution in [0.4, 0.5) is 0 Å². The summed E-state index contributed by atoms with van der Waals surface area (Å²) in [6, 6.07) is 67.8. The van der Waals surface area contributed by atoms with Gasteiger partial charge in [-0.3, -0.25) is 9.13 Å². The first kappa shape index (κ1) is 29.9. The fraction of sp³-hybridized carbons (Fsp3) is 0. The van der Waals surface area contributed by atoms with Crippen LogP contribution in [0.3, 0.4) is 0 Å². The number of rotatable bonds is 5. The zero-order chi connectivity index (χ0) is 34.6. The van der Waals surface area contributed by atoms with Crippen LogP contribution in [0.25, 0.3) is 88.1 Å². The normalized spacial score (nSPS) is 11.5. The van der Waals surface area contributed by atoms with Crippen molar-refractivity contribution in [3.63, 3.8) is 0 Å². The van der Waals surface area contributed by atoms with Crippen molar-refractivity contribution >= 4 is 43.4 Å². The topological polar surface area (TPSA) is 26.9 Å². The van der Waals surface area contributed by atoms with Gasteiger partial charge in [-0.25, -0.2) is 4.79 Å². The number of benzene rings is 9. The summed E-state index contributed by atoms with van der Waals surface area (Å²) in [7, 11) is 0. The molecular weight excluding hydrogens is 633 g/mol. The van der Waals surface area contributed by atoms with Gasteiger partial charge in [0, 0.05) is 0 Å². The van der Waals surface area contributed by atoms with Crippen molar-refractivity contribution in [2.75, 3.05) is 0 Å². The van der Waals surface area contributed by atoms with Crippen LogP contribution in [0.5, 0.6) is 0 Å². The molecule has 52 heavy (non-hydrogen) atoms. The van der Waals surface area contributed by atoms with Crippen LogP contribution in [-0.4, -0.2) is 9.13 Å².